The summed E-state index contributed by atoms with van der Waals surface area (Å²) in [5, 5.41) is 3.54. The summed E-state index contributed by atoms with van der Waals surface area (Å²) >= 11 is 0. The van der Waals surface area contributed by atoms with Gasteiger partial charge >= 0.3 is 0 Å². The molecule has 1 aromatic carbocycles. The van der Waals surface area contributed by atoms with E-state index < -0.39 is 0 Å². The third-order valence-corrected chi connectivity index (χ3v) is 2.93. The van der Waals surface area contributed by atoms with E-state index in [9.17, 15) is 0 Å². The Labute approximate surface area is 117 Å². The minimum atomic E-state index is 0.159. The zero-order valence-electron chi connectivity index (χ0n) is 12.9. The van der Waals surface area contributed by atoms with Crippen molar-refractivity contribution in [2.45, 2.75) is 46.3 Å². The van der Waals surface area contributed by atoms with Crippen LogP contribution < -0.4 is 5.32 Å². The second kappa shape index (κ2) is 7.46. The second-order valence-corrected chi connectivity index (χ2v) is 5.94. The van der Waals surface area contributed by atoms with Crippen LogP contribution in [0.25, 0.3) is 6.08 Å². The highest BCUT2D eigenvalue weighted by Gasteiger charge is 2.08. The van der Waals surface area contributed by atoms with Crippen LogP contribution in [-0.4, -0.2) is 19.2 Å². The summed E-state index contributed by atoms with van der Waals surface area (Å²) < 4.78 is 5.17. The lowest BCUT2D eigenvalue weighted by atomic mass is 10.0. The van der Waals surface area contributed by atoms with Crippen molar-refractivity contribution in [1.29, 1.82) is 0 Å². The van der Waals surface area contributed by atoms with Gasteiger partial charge in [-0.3, -0.25) is 0 Å². The van der Waals surface area contributed by atoms with Gasteiger partial charge in [0.05, 0.1) is 6.61 Å². The molecule has 0 aliphatic carbocycles. The van der Waals surface area contributed by atoms with E-state index in [1.807, 2.05) is 0 Å². The molecule has 106 valence electrons. The van der Waals surface area contributed by atoms with E-state index in [1.165, 1.54) is 16.7 Å². The normalized spacial score (nSPS) is 12.8. The summed E-state index contributed by atoms with van der Waals surface area (Å²) in [5.41, 5.74) is 4.05. The third-order valence-electron chi connectivity index (χ3n) is 2.93. The van der Waals surface area contributed by atoms with Crippen molar-refractivity contribution in [2.75, 3.05) is 13.7 Å². The number of hydrogen-bond donors (Lipinski definition) is 1. The van der Waals surface area contributed by atoms with Gasteiger partial charge in [0.1, 0.15) is 0 Å². The SMILES string of the molecule is CCC(=Cc1cccc(COC)c1)CNC(C)(C)C. The number of benzene rings is 1. The Kier molecular flexibility index (Phi) is 6.26. The molecule has 19 heavy (non-hydrogen) atoms. The van der Waals surface area contributed by atoms with Gasteiger partial charge in [0, 0.05) is 19.2 Å². The Morgan fingerprint density at radius 2 is 2.05 bits per heavy atom. The van der Waals surface area contributed by atoms with E-state index in [-0.39, 0.29) is 5.54 Å². The van der Waals surface area contributed by atoms with Crippen LogP contribution in [-0.2, 0) is 11.3 Å². The van der Waals surface area contributed by atoms with Crippen molar-refractivity contribution in [3.8, 4) is 0 Å². The summed E-state index contributed by atoms with van der Waals surface area (Å²) in [6, 6.07) is 8.52. The Hall–Kier alpha value is -1.12. The number of rotatable bonds is 6. The molecule has 2 heteroatoms. The monoisotopic (exact) mass is 261 g/mol. The number of methoxy groups -OCH3 is 1. The van der Waals surface area contributed by atoms with Gasteiger partial charge in [-0.2, -0.15) is 0 Å². The first-order chi connectivity index (χ1) is 8.94. The Morgan fingerprint density at radius 3 is 2.63 bits per heavy atom. The highest BCUT2D eigenvalue weighted by atomic mass is 16.5. The summed E-state index contributed by atoms with van der Waals surface area (Å²) in [6.45, 7) is 10.4. The summed E-state index contributed by atoms with van der Waals surface area (Å²) in [5.74, 6) is 0. The van der Waals surface area contributed by atoms with E-state index in [4.69, 9.17) is 4.74 Å². The fourth-order valence-electron chi connectivity index (χ4n) is 1.83. The summed E-state index contributed by atoms with van der Waals surface area (Å²) in [6.07, 6.45) is 3.34. The lowest BCUT2D eigenvalue weighted by molar-refractivity contribution is 0.185. The maximum atomic E-state index is 5.17. The topological polar surface area (TPSA) is 21.3 Å². The van der Waals surface area contributed by atoms with E-state index in [1.54, 1.807) is 7.11 Å². The fraction of sp³-hybridized carbons (Fsp3) is 0.529. The predicted octanol–water partition coefficient (Wildman–Crippen LogP) is 4.01. The smallest absolute Gasteiger partial charge is 0.0713 e. The highest BCUT2D eigenvalue weighted by molar-refractivity contribution is 5.54. The quantitative estimate of drug-likeness (QED) is 0.835. The van der Waals surface area contributed by atoms with Gasteiger partial charge in [-0.25, -0.2) is 0 Å². The first-order valence-electron chi connectivity index (χ1n) is 6.97. The van der Waals surface area contributed by atoms with Gasteiger partial charge < -0.3 is 10.1 Å². The molecule has 1 N–H and O–H groups in total. The predicted molar refractivity (Wildman–Crippen MR) is 83.2 cm³/mol. The van der Waals surface area contributed by atoms with Gasteiger partial charge in [0.15, 0.2) is 0 Å². The molecule has 0 heterocycles. The van der Waals surface area contributed by atoms with Crippen LogP contribution in [0.5, 0.6) is 0 Å². The van der Waals surface area contributed by atoms with Crippen molar-refractivity contribution in [3.63, 3.8) is 0 Å². The molecule has 0 atom stereocenters. The number of nitrogens with one attached hydrogen (secondary N) is 1. The first-order valence-corrected chi connectivity index (χ1v) is 6.97. The Bertz CT molecular complexity index is 416. The van der Waals surface area contributed by atoms with E-state index >= 15 is 0 Å². The van der Waals surface area contributed by atoms with Gasteiger partial charge in [-0.15, -0.1) is 0 Å². The van der Waals surface area contributed by atoms with E-state index in [2.05, 4.69) is 63.4 Å². The molecule has 0 bridgehead atoms. The first kappa shape index (κ1) is 15.9. The molecule has 0 saturated heterocycles. The van der Waals surface area contributed by atoms with Gasteiger partial charge in [0.25, 0.3) is 0 Å². The van der Waals surface area contributed by atoms with Gasteiger partial charge in [-0.05, 0) is 44.4 Å². The molecule has 0 spiro atoms. The molecule has 0 aromatic heterocycles. The molecular formula is C17H27NO. The highest BCUT2D eigenvalue weighted by Crippen LogP contribution is 2.13. The minimum Gasteiger partial charge on any atom is -0.380 e. The Balaban J connectivity index is 2.76. The lowest BCUT2D eigenvalue weighted by Gasteiger charge is -2.21. The largest absolute Gasteiger partial charge is 0.380 e. The zero-order chi connectivity index (χ0) is 14.3. The molecule has 0 aliphatic heterocycles. The molecule has 0 unspecified atom stereocenters. The summed E-state index contributed by atoms with van der Waals surface area (Å²) in [7, 11) is 1.73. The number of hydrogen-bond acceptors (Lipinski definition) is 2. The average molecular weight is 261 g/mol. The molecular weight excluding hydrogens is 234 g/mol. The van der Waals surface area contributed by atoms with Crippen LogP contribution in [0.1, 0.15) is 45.2 Å². The van der Waals surface area contributed by atoms with Crippen molar-refractivity contribution in [3.05, 3.63) is 41.0 Å². The van der Waals surface area contributed by atoms with E-state index in [0.29, 0.717) is 6.61 Å². The fourth-order valence-corrected chi connectivity index (χ4v) is 1.83. The standard InChI is InChI=1S/C17H27NO/c1-6-14(12-18-17(2,3)4)10-15-8-7-9-16(11-15)13-19-5/h7-11,18H,6,12-13H2,1-5H3. The van der Waals surface area contributed by atoms with Crippen molar-refractivity contribution < 1.29 is 4.74 Å². The van der Waals surface area contributed by atoms with Crippen LogP contribution in [0.3, 0.4) is 0 Å². The lowest BCUT2D eigenvalue weighted by Crippen LogP contribution is -2.36. The maximum absolute atomic E-state index is 5.17. The molecule has 0 radical (unpaired) electrons. The molecule has 2 nitrogen and oxygen atoms in total. The zero-order valence-corrected chi connectivity index (χ0v) is 12.9. The second-order valence-electron chi connectivity index (χ2n) is 5.94. The third kappa shape index (κ3) is 6.55. The van der Waals surface area contributed by atoms with Crippen LogP contribution >= 0.6 is 0 Å². The molecule has 0 amide bonds. The van der Waals surface area contributed by atoms with Gasteiger partial charge in [0.2, 0.25) is 0 Å². The van der Waals surface area contributed by atoms with Crippen LogP contribution in [0.15, 0.2) is 29.8 Å². The number of ether oxygens (including phenoxy) is 1. The van der Waals surface area contributed by atoms with Crippen molar-refractivity contribution in [1.82, 2.24) is 5.32 Å². The summed E-state index contributed by atoms with van der Waals surface area (Å²) in [4.78, 5) is 0. The van der Waals surface area contributed by atoms with Crippen molar-refractivity contribution >= 4 is 6.08 Å². The van der Waals surface area contributed by atoms with E-state index in [0.717, 1.165) is 13.0 Å². The molecule has 0 aliphatic rings. The average Bonchev–Trinajstić information content (AvgIpc) is 2.34. The Morgan fingerprint density at radius 1 is 1.32 bits per heavy atom. The van der Waals surface area contributed by atoms with Gasteiger partial charge in [-0.1, -0.05) is 36.8 Å². The van der Waals surface area contributed by atoms with Crippen LogP contribution in [0.4, 0.5) is 0 Å². The van der Waals surface area contributed by atoms with Crippen molar-refractivity contribution in [2.24, 2.45) is 0 Å². The minimum absolute atomic E-state index is 0.159. The molecule has 0 fully saturated rings. The van der Waals surface area contributed by atoms with Crippen LogP contribution in [0, 0.1) is 0 Å². The molecule has 1 aromatic rings. The molecule has 0 saturated carbocycles. The van der Waals surface area contributed by atoms with Crippen LogP contribution in [0.2, 0.25) is 0 Å². The maximum Gasteiger partial charge on any atom is 0.0713 e. The molecule has 1 rings (SSSR count).